The minimum absolute atomic E-state index is 0.603. The topological polar surface area (TPSA) is 47.7 Å². The lowest BCUT2D eigenvalue weighted by Gasteiger charge is -2.08. The van der Waals surface area contributed by atoms with E-state index in [1.54, 1.807) is 0 Å². The molecule has 0 spiro atoms. The lowest BCUT2D eigenvalue weighted by atomic mass is 9.99. The number of nitrogens with one attached hydrogen (secondary N) is 2. The highest BCUT2D eigenvalue weighted by atomic mass is 14.4. The van der Waals surface area contributed by atoms with Crippen molar-refractivity contribution in [2.45, 2.75) is 66.2 Å². The molecule has 0 atom stereocenters. The molecule has 2 heteroatoms. The van der Waals surface area contributed by atoms with E-state index in [2.05, 4.69) is 27.7 Å². The molecule has 0 aliphatic heterocycles. The maximum Gasteiger partial charge on any atom is 0.00917 e. The Morgan fingerprint density at radius 2 is 1.06 bits per heavy atom. The molecule has 2 nitrogen and oxygen atoms in total. The molecule has 0 amide bonds. The van der Waals surface area contributed by atoms with Gasteiger partial charge in [0.15, 0.2) is 0 Å². The second kappa shape index (κ2) is 8.49. The molecule has 0 bridgehead atoms. The Morgan fingerprint density at radius 1 is 0.750 bits per heavy atom. The van der Waals surface area contributed by atoms with Gasteiger partial charge >= 0.3 is 0 Å². The van der Waals surface area contributed by atoms with E-state index < -0.39 is 0 Å². The summed E-state index contributed by atoms with van der Waals surface area (Å²) in [4.78, 5) is 0. The maximum atomic E-state index is 7.76. The largest absolute Gasteiger partial charge is 0.310 e. The second-order valence-corrected chi connectivity index (χ2v) is 5.61. The average molecular weight is 224 g/mol. The van der Waals surface area contributed by atoms with Crippen LogP contribution in [-0.2, 0) is 0 Å². The molecule has 0 rings (SSSR count). The fraction of sp³-hybridized carbons (Fsp3) is 0.857. The fourth-order valence-corrected chi connectivity index (χ4v) is 1.87. The van der Waals surface area contributed by atoms with E-state index in [1.807, 2.05) is 0 Å². The summed E-state index contributed by atoms with van der Waals surface area (Å²) >= 11 is 0. The van der Waals surface area contributed by atoms with E-state index in [0.717, 1.165) is 49.9 Å². The van der Waals surface area contributed by atoms with Crippen LogP contribution in [0.1, 0.15) is 66.2 Å². The molecule has 0 fully saturated rings. The average Bonchev–Trinajstić information content (AvgIpc) is 2.10. The molecule has 2 N–H and O–H groups in total. The summed E-state index contributed by atoms with van der Waals surface area (Å²) in [7, 11) is 0. The molecule has 0 aromatic rings. The summed E-state index contributed by atoms with van der Waals surface area (Å²) in [5.74, 6) is 1.21. The van der Waals surface area contributed by atoms with Crippen molar-refractivity contribution in [3.8, 4) is 0 Å². The Kier molecular flexibility index (Phi) is 8.14. The first kappa shape index (κ1) is 15.3. The lowest BCUT2D eigenvalue weighted by Crippen LogP contribution is -2.04. The van der Waals surface area contributed by atoms with Crippen LogP contribution in [0.15, 0.2) is 0 Å². The van der Waals surface area contributed by atoms with E-state index in [4.69, 9.17) is 10.8 Å². The number of unbranched alkanes of at least 4 members (excludes halogenated alkanes) is 1. The van der Waals surface area contributed by atoms with Crippen LogP contribution in [0.25, 0.3) is 0 Å². The third-order valence-electron chi connectivity index (χ3n) is 2.52. The van der Waals surface area contributed by atoms with Crippen LogP contribution in [-0.4, -0.2) is 11.4 Å². The van der Waals surface area contributed by atoms with E-state index in [0.29, 0.717) is 11.8 Å². The number of rotatable bonds is 9. The highest BCUT2D eigenvalue weighted by Gasteiger charge is 2.03. The van der Waals surface area contributed by atoms with Gasteiger partial charge in [-0.1, -0.05) is 27.7 Å². The SMILES string of the molecule is CC(C)CC(=N)CCCCC(=N)CC(C)C. The molecule has 0 heterocycles. The van der Waals surface area contributed by atoms with Gasteiger partial charge in [-0.05, 0) is 50.4 Å². The van der Waals surface area contributed by atoms with Crippen LogP contribution in [0.2, 0.25) is 0 Å². The Hall–Kier alpha value is -0.660. The van der Waals surface area contributed by atoms with Crippen LogP contribution < -0.4 is 0 Å². The van der Waals surface area contributed by atoms with Gasteiger partial charge in [0.25, 0.3) is 0 Å². The first-order chi connectivity index (χ1) is 7.41. The van der Waals surface area contributed by atoms with Crippen LogP contribution in [0.5, 0.6) is 0 Å². The summed E-state index contributed by atoms with van der Waals surface area (Å²) in [6.07, 6.45) is 5.87. The Labute approximate surface area is 101 Å². The zero-order valence-corrected chi connectivity index (χ0v) is 11.4. The first-order valence-corrected chi connectivity index (χ1v) is 6.54. The summed E-state index contributed by atoms with van der Waals surface area (Å²) < 4.78 is 0. The van der Waals surface area contributed by atoms with Gasteiger partial charge in [0.2, 0.25) is 0 Å². The van der Waals surface area contributed by atoms with Crippen molar-refractivity contribution in [2.24, 2.45) is 11.8 Å². The molecular weight excluding hydrogens is 196 g/mol. The second-order valence-electron chi connectivity index (χ2n) is 5.61. The van der Waals surface area contributed by atoms with Crippen LogP contribution in [0, 0.1) is 22.7 Å². The van der Waals surface area contributed by atoms with E-state index in [-0.39, 0.29) is 0 Å². The summed E-state index contributed by atoms with van der Waals surface area (Å²) in [5.41, 5.74) is 1.76. The number of hydrogen-bond acceptors (Lipinski definition) is 2. The van der Waals surface area contributed by atoms with Gasteiger partial charge in [-0.25, -0.2) is 0 Å². The predicted molar refractivity (Wildman–Crippen MR) is 72.8 cm³/mol. The molecule has 0 aliphatic carbocycles. The molecule has 0 aromatic heterocycles. The van der Waals surface area contributed by atoms with E-state index in [1.165, 1.54) is 0 Å². The van der Waals surface area contributed by atoms with E-state index in [9.17, 15) is 0 Å². The summed E-state index contributed by atoms with van der Waals surface area (Å²) in [6.45, 7) is 8.64. The molecule has 16 heavy (non-hydrogen) atoms. The quantitative estimate of drug-likeness (QED) is 0.422. The highest BCUT2D eigenvalue weighted by molar-refractivity contribution is 5.82. The molecule has 0 aliphatic rings. The van der Waals surface area contributed by atoms with Gasteiger partial charge in [-0.2, -0.15) is 0 Å². The zero-order valence-electron chi connectivity index (χ0n) is 11.4. The van der Waals surface area contributed by atoms with Gasteiger partial charge in [0.1, 0.15) is 0 Å². The summed E-state index contributed by atoms with van der Waals surface area (Å²) in [5, 5.41) is 15.5. The molecule has 0 saturated carbocycles. The normalized spacial score (nSPS) is 11.1. The van der Waals surface area contributed by atoms with Gasteiger partial charge in [0, 0.05) is 11.4 Å². The molecule has 94 valence electrons. The van der Waals surface area contributed by atoms with Crippen molar-refractivity contribution in [3.63, 3.8) is 0 Å². The zero-order chi connectivity index (χ0) is 12.6. The van der Waals surface area contributed by atoms with Crippen LogP contribution in [0.4, 0.5) is 0 Å². The lowest BCUT2D eigenvalue weighted by molar-refractivity contribution is 0.655. The minimum atomic E-state index is 0.603. The maximum absolute atomic E-state index is 7.76. The molecule has 0 unspecified atom stereocenters. The van der Waals surface area contributed by atoms with Crippen molar-refractivity contribution < 1.29 is 0 Å². The van der Waals surface area contributed by atoms with Crippen molar-refractivity contribution in [1.29, 1.82) is 10.8 Å². The highest BCUT2D eigenvalue weighted by Crippen LogP contribution is 2.10. The third-order valence-corrected chi connectivity index (χ3v) is 2.52. The molecule has 0 aromatic carbocycles. The van der Waals surface area contributed by atoms with Crippen LogP contribution in [0.3, 0.4) is 0 Å². The first-order valence-electron chi connectivity index (χ1n) is 6.54. The third kappa shape index (κ3) is 9.88. The van der Waals surface area contributed by atoms with Crippen molar-refractivity contribution in [1.82, 2.24) is 0 Å². The van der Waals surface area contributed by atoms with Crippen molar-refractivity contribution in [2.75, 3.05) is 0 Å². The van der Waals surface area contributed by atoms with Gasteiger partial charge in [-0.3, -0.25) is 0 Å². The van der Waals surface area contributed by atoms with Crippen LogP contribution >= 0.6 is 0 Å². The van der Waals surface area contributed by atoms with Crippen molar-refractivity contribution in [3.05, 3.63) is 0 Å². The standard InChI is InChI=1S/C14H28N2/c1-11(2)9-13(15)7-5-6-8-14(16)10-12(3)4/h11-12,15-16H,5-10H2,1-4H3. The minimum Gasteiger partial charge on any atom is -0.310 e. The Bertz CT molecular complexity index is 193. The summed E-state index contributed by atoms with van der Waals surface area (Å²) in [6, 6.07) is 0. The Morgan fingerprint density at radius 3 is 1.31 bits per heavy atom. The Balaban J connectivity index is 3.46. The van der Waals surface area contributed by atoms with Gasteiger partial charge in [-0.15, -0.1) is 0 Å². The van der Waals surface area contributed by atoms with E-state index >= 15 is 0 Å². The van der Waals surface area contributed by atoms with Crippen molar-refractivity contribution >= 4 is 11.4 Å². The molecule has 0 saturated heterocycles. The monoisotopic (exact) mass is 224 g/mol. The number of hydrogen-bond donors (Lipinski definition) is 2. The smallest absolute Gasteiger partial charge is 0.00917 e. The molecule has 0 radical (unpaired) electrons. The van der Waals surface area contributed by atoms with Gasteiger partial charge < -0.3 is 10.8 Å². The van der Waals surface area contributed by atoms with Gasteiger partial charge in [0.05, 0.1) is 0 Å². The molecular formula is C14H28N2. The predicted octanol–water partition coefficient (Wildman–Crippen LogP) is 4.68. The fourth-order valence-electron chi connectivity index (χ4n) is 1.87.